The van der Waals surface area contributed by atoms with Crippen LogP contribution >= 0.6 is 8.46 Å². The van der Waals surface area contributed by atoms with E-state index in [4.69, 9.17) is 18.9 Å². The Balaban J connectivity index is 2.84. The standard InChI is InChI=1S/C24H33O5P/c1-16(15-30-25)14-24(2,3)23(21-17(26-4)10-8-11-18(21)27-5)22-19(28-6)12-9-13-20(22)29-7/h8-13,16,23H,14-15H2,1-7H3. The van der Waals surface area contributed by atoms with Gasteiger partial charge < -0.3 is 18.9 Å². The van der Waals surface area contributed by atoms with E-state index in [9.17, 15) is 4.57 Å². The van der Waals surface area contributed by atoms with Gasteiger partial charge in [-0.2, -0.15) is 0 Å². The molecular weight excluding hydrogens is 399 g/mol. The van der Waals surface area contributed by atoms with Gasteiger partial charge >= 0.3 is 0 Å². The number of hydrogen-bond donors (Lipinski definition) is 0. The number of rotatable bonds is 11. The van der Waals surface area contributed by atoms with Crippen LogP contribution in [0.4, 0.5) is 0 Å². The Kier molecular flexibility index (Phi) is 8.54. The second-order valence-corrected chi connectivity index (χ2v) is 8.82. The highest BCUT2D eigenvalue weighted by Crippen LogP contribution is 2.55. The van der Waals surface area contributed by atoms with Crippen molar-refractivity contribution < 1.29 is 23.5 Å². The molecule has 0 fully saturated rings. The molecule has 0 bridgehead atoms. The second-order valence-electron chi connectivity index (χ2n) is 8.19. The summed E-state index contributed by atoms with van der Waals surface area (Å²) in [6.45, 7) is 6.56. The third kappa shape index (κ3) is 5.07. The Hall–Kier alpha value is -2.26. The molecular formula is C24H33O5P. The van der Waals surface area contributed by atoms with E-state index in [1.807, 2.05) is 36.4 Å². The molecule has 0 amide bonds. The van der Waals surface area contributed by atoms with Gasteiger partial charge in [0.15, 0.2) is 8.46 Å². The lowest BCUT2D eigenvalue weighted by molar-refractivity contribution is 0.236. The highest BCUT2D eigenvalue weighted by molar-refractivity contribution is 7.23. The van der Waals surface area contributed by atoms with E-state index in [-0.39, 0.29) is 25.7 Å². The summed E-state index contributed by atoms with van der Waals surface area (Å²) in [5, 5.41) is 0. The quantitative estimate of drug-likeness (QED) is 0.396. The first-order valence-corrected chi connectivity index (χ1v) is 11.0. The van der Waals surface area contributed by atoms with E-state index in [0.29, 0.717) is 6.16 Å². The fourth-order valence-corrected chi connectivity index (χ4v) is 4.85. The van der Waals surface area contributed by atoms with Crippen molar-refractivity contribution in [2.45, 2.75) is 33.1 Å². The molecule has 0 spiro atoms. The predicted octanol–water partition coefficient (Wildman–Crippen LogP) is 6.20. The topological polar surface area (TPSA) is 54.0 Å². The van der Waals surface area contributed by atoms with Gasteiger partial charge in [-0.1, -0.05) is 32.9 Å². The Morgan fingerprint density at radius 1 is 0.800 bits per heavy atom. The normalized spacial score (nSPS) is 12.7. The van der Waals surface area contributed by atoms with E-state index in [1.54, 1.807) is 28.4 Å². The molecule has 1 atom stereocenters. The van der Waals surface area contributed by atoms with Gasteiger partial charge in [-0.15, -0.1) is 0 Å². The largest absolute Gasteiger partial charge is 0.496 e. The summed E-state index contributed by atoms with van der Waals surface area (Å²) in [4.78, 5) is 0. The zero-order chi connectivity index (χ0) is 22.3. The smallest absolute Gasteiger partial charge is 0.155 e. The third-order valence-corrected chi connectivity index (χ3v) is 6.32. The van der Waals surface area contributed by atoms with E-state index in [2.05, 4.69) is 20.8 Å². The Morgan fingerprint density at radius 2 is 1.17 bits per heavy atom. The first-order chi connectivity index (χ1) is 14.3. The van der Waals surface area contributed by atoms with Crippen LogP contribution in [0.25, 0.3) is 0 Å². The molecule has 0 radical (unpaired) electrons. The van der Waals surface area contributed by atoms with Gasteiger partial charge in [-0.05, 0) is 42.0 Å². The summed E-state index contributed by atoms with van der Waals surface area (Å²) >= 11 is 0. The summed E-state index contributed by atoms with van der Waals surface area (Å²) < 4.78 is 34.3. The van der Waals surface area contributed by atoms with Gasteiger partial charge in [0, 0.05) is 23.2 Å². The summed E-state index contributed by atoms with van der Waals surface area (Å²) in [5.74, 6) is 3.10. The average Bonchev–Trinajstić information content (AvgIpc) is 2.73. The molecule has 0 aliphatic rings. The molecule has 2 aromatic carbocycles. The maximum Gasteiger partial charge on any atom is 0.155 e. The molecule has 0 aliphatic carbocycles. The monoisotopic (exact) mass is 432 g/mol. The minimum Gasteiger partial charge on any atom is -0.496 e. The number of benzene rings is 2. The van der Waals surface area contributed by atoms with Crippen molar-refractivity contribution in [1.29, 1.82) is 0 Å². The van der Waals surface area contributed by atoms with Crippen LogP contribution in [0.3, 0.4) is 0 Å². The van der Waals surface area contributed by atoms with Crippen LogP contribution < -0.4 is 18.9 Å². The molecule has 2 aromatic rings. The van der Waals surface area contributed by atoms with Crippen LogP contribution in [0, 0.1) is 11.3 Å². The molecule has 0 saturated carbocycles. The number of hydrogen-bond acceptors (Lipinski definition) is 5. The summed E-state index contributed by atoms with van der Waals surface area (Å²) in [7, 11) is 6.83. The summed E-state index contributed by atoms with van der Waals surface area (Å²) in [5.41, 5.74) is 1.64. The third-order valence-electron chi connectivity index (χ3n) is 5.55. The number of methoxy groups -OCH3 is 4. The highest BCUT2D eigenvalue weighted by Gasteiger charge is 2.40. The van der Waals surface area contributed by atoms with Crippen molar-refractivity contribution in [3.63, 3.8) is 0 Å². The zero-order valence-corrected chi connectivity index (χ0v) is 19.9. The lowest BCUT2D eigenvalue weighted by atomic mass is 9.66. The first kappa shape index (κ1) is 24.0. The van der Waals surface area contributed by atoms with Crippen LogP contribution in [0.2, 0.25) is 0 Å². The Morgan fingerprint density at radius 3 is 1.47 bits per heavy atom. The van der Waals surface area contributed by atoms with Gasteiger partial charge in [-0.3, -0.25) is 4.57 Å². The minimum atomic E-state index is -0.256. The van der Waals surface area contributed by atoms with Crippen molar-refractivity contribution in [3.8, 4) is 23.0 Å². The maximum atomic E-state index is 11.2. The minimum absolute atomic E-state index is 0.152. The molecule has 0 saturated heterocycles. The summed E-state index contributed by atoms with van der Waals surface area (Å²) in [6, 6.07) is 11.6. The molecule has 0 N–H and O–H groups in total. The lowest BCUT2D eigenvalue weighted by Gasteiger charge is -2.39. The Bertz CT molecular complexity index is 749. The first-order valence-electron chi connectivity index (χ1n) is 10.0. The molecule has 0 heterocycles. The molecule has 5 nitrogen and oxygen atoms in total. The van der Waals surface area contributed by atoms with Crippen LogP contribution in [0.15, 0.2) is 36.4 Å². The van der Waals surface area contributed by atoms with Crippen molar-refractivity contribution in [3.05, 3.63) is 47.5 Å². The van der Waals surface area contributed by atoms with E-state index >= 15 is 0 Å². The molecule has 1 unspecified atom stereocenters. The molecule has 2 rings (SSSR count). The van der Waals surface area contributed by atoms with Gasteiger partial charge in [0.2, 0.25) is 0 Å². The predicted molar refractivity (Wildman–Crippen MR) is 121 cm³/mol. The number of ether oxygens (including phenoxy) is 4. The maximum absolute atomic E-state index is 11.2. The van der Waals surface area contributed by atoms with Crippen molar-refractivity contribution in [2.75, 3.05) is 34.6 Å². The summed E-state index contributed by atoms with van der Waals surface area (Å²) in [6.07, 6.45) is 1.46. The molecule has 30 heavy (non-hydrogen) atoms. The van der Waals surface area contributed by atoms with E-state index < -0.39 is 0 Å². The molecule has 164 valence electrons. The fraction of sp³-hybridized carbons (Fsp3) is 0.500. The van der Waals surface area contributed by atoms with Crippen LogP contribution in [-0.2, 0) is 4.57 Å². The van der Waals surface area contributed by atoms with E-state index in [0.717, 1.165) is 40.5 Å². The average molecular weight is 432 g/mol. The van der Waals surface area contributed by atoms with Gasteiger partial charge in [0.05, 0.1) is 28.4 Å². The molecule has 0 aromatic heterocycles. The van der Waals surface area contributed by atoms with Crippen LogP contribution in [0.1, 0.15) is 44.2 Å². The van der Waals surface area contributed by atoms with Crippen molar-refractivity contribution >= 4 is 8.46 Å². The lowest BCUT2D eigenvalue weighted by Crippen LogP contribution is -2.28. The van der Waals surface area contributed by atoms with Gasteiger partial charge in [-0.25, -0.2) is 0 Å². The van der Waals surface area contributed by atoms with Gasteiger partial charge in [0.1, 0.15) is 23.0 Å². The zero-order valence-electron chi connectivity index (χ0n) is 19.0. The highest BCUT2D eigenvalue weighted by atomic mass is 31.1. The van der Waals surface area contributed by atoms with Crippen LogP contribution in [-0.4, -0.2) is 34.6 Å². The van der Waals surface area contributed by atoms with Crippen LogP contribution in [0.5, 0.6) is 23.0 Å². The Labute approximate surface area is 181 Å². The van der Waals surface area contributed by atoms with E-state index in [1.165, 1.54) is 0 Å². The van der Waals surface area contributed by atoms with Gasteiger partial charge in [0.25, 0.3) is 0 Å². The fourth-order valence-electron chi connectivity index (χ4n) is 4.46. The molecule has 0 aliphatic heterocycles. The van der Waals surface area contributed by atoms with Crippen molar-refractivity contribution in [2.24, 2.45) is 11.3 Å². The SMILES string of the molecule is COc1cccc(OC)c1C(c1c(OC)cccc1OC)C(C)(C)CC(C)CP=O. The van der Waals surface area contributed by atoms with Crippen molar-refractivity contribution in [1.82, 2.24) is 0 Å². The second kappa shape index (κ2) is 10.7. The molecule has 6 heteroatoms.